The highest BCUT2D eigenvalue weighted by molar-refractivity contribution is 8.18. The predicted octanol–water partition coefficient (Wildman–Crippen LogP) is 2.00. The summed E-state index contributed by atoms with van der Waals surface area (Å²) in [5, 5.41) is 3.96. The molecule has 0 fully saturated rings. The van der Waals surface area contributed by atoms with Crippen LogP contribution in [-0.2, 0) is 4.79 Å². The molecule has 0 spiro atoms. The first kappa shape index (κ1) is 15.3. The van der Waals surface area contributed by atoms with E-state index in [0.717, 1.165) is 28.2 Å². The van der Waals surface area contributed by atoms with Gasteiger partial charge in [-0.15, -0.1) is 0 Å². The average Bonchev–Trinajstić information content (AvgIpc) is 2.85. The second-order valence-electron chi connectivity index (χ2n) is 4.68. The van der Waals surface area contributed by atoms with Gasteiger partial charge in [0.05, 0.1) is 22.4 Å². The summed E-state index contributed by atoms with van der Waals surface area (Å²) in [4.78, 5) is 24.6. The molecule has 2 heterocycles. The first-order valence-electron chi connectivity index (χ1n) is 7.01. The Morgan fingerprint density at radius 2 is 2.22 bits per heavy atom. The molecule has 118 valence electrons. The molecule has 3 N–H and O–H groups in total. The Bertz CT molecular complexity index is 847. The first-order chi connectivity index (χ1) is 11.1. The van der Waals surface area contributed by atoms with E-state index in [2.05, 4.69) is 20.3 Å². The normalized spacial score (nSPS) is 16.0. The van der Waals surface area contributed by atoms with Crippen LogP contribution in [0.25, 0.3) is 17.0 Å². The van der Waals surface area contributed by atoms with E-state index in [1.54, 1.807) is 13.1 Å². The number of ether oxygens (including phenoxy) is 1. The molecule has 1 amide bonds. The number of nitrogens with one attached hydrogen (secondary N) is 1. The van der Waals surface area contributed by atoms with Gasteiger partial charge in [-0.1, -0.05) is 6.07 Å². The highest BCUT2D eigenvalue weighted by atomic mass is 32.2. The van der Waals surface area contributed by atoms with Crippen molar-refractivity contribution in [3.8, 4) is 5.88 Å². The largest absolute Gasteiger partial charge is 0.477 e. The molecule has 0 unspecified atom stereocenters. The first-order valence-corrected chi connectivity index (χ1v) is 7.82. The monoisotopic (exact) mass is 329 g/mol. The molecule has 0 saturated carbocycles. The molecule has 7 nitrogen and oxygen atoms in total. The molecule has 0 aliphatic carbocycles. The number of thioether (sulfide) groups is 1. The average molecular weight is 329 g/mol. The zero-order chi connectivity index (χ0) is 16.4. The minimum absolute atomic E-state index is 0.263. The number of aliphatic imine (C=N–C) groups is 1. The highest BCUT2D eigenvalue weighted by Crippen LogP contribution is 2.29. The molecule has 1 aromatic carbocycles. The number of amides is 1. The number of aromatic nitrogens is 2. The van der Waals surface area contributed by atoms with Gasteiger partial charge < -0.3 is 15.8 Å². The van der Waals surface area contributed by atoms with E-state index in [4.69, 9.17) is 10.5 Å². The van der Waals surface area contributed by atoms with Crippen LogP contribution >= 0.6 is 11.8 Å². The minimum atomic E-state index is -0.320. The third kappa shape index (κ3) is 3.11. The van der Waals surface area contributed by atoms with Crippen molar-refractivity contribution in [2.45, 2.75) is 6.92 Å². The van der Waals surface area contributed by atoms with Crippen molar-refractivity contribution in [3.05, 3.63) is 28.7 Å². The molecular formula is C15H15N5O2S. The van der Waals surface area contributed by atoms with Crippen molar-refractivity contribution in [1.82, 2.24) is 9.97 Å². The number of nitrogens with two attached hydrogens (primary N) is 1. The molecule has 8 heteroatoms. The molecule has 3 rings (SSSR count). The van der Waals surface area contributed by atoms with E-state index in [1.807, 2.05) is 25.1 Å². The molecule has 1 aliphatic rings. The van der Waals surface area contributed by atoms with E-state index in [1.165, 1.54) is 0 Å². The zero-order valence-corrected chi connectivity index (χ0v) is 13.5. The maximum Gasteiger partial charge on any atom is 0.286 e. The summed E-state index contributed by atoms with van der Waals surface area (Å²) in [6.07, 6.45) is 1.75. The Morgan fingerprint density at radius 3 is 2.87 bits per heavy atom. The van der Waals surface area contributed by atoms with Crippen LogP contribution < -0.4 is 15.8 Å². The van der Waals surface area contributed by atoms with Crippen molar-refractivity contribution >= 4 is 45.8 Å². The van der Waals surface area contributed by atoms with E-state index in [9.17, 15) is 4.79 Å². The molecule has 2 aromatic rings. The molecular weight excluding hydrogens is 314 g/mol. The maximum atomic E-state index is 11.7. The van der Waals surface area contributed by atoms with Gasteiger partial charge in [0.2, 0.25) is 11.8 Å². The Morgan fingerprint density at radius 1 is 1.39 bits per heavy atom. The quantitative estimate of drug-likeness (QED) is 0.827. The van der Waals surface area contributed by atoms with Crippen LogP contribution in [-0.4, -0.2) is 34.7 Å². The molecule has 0 saturated heterocycles. The van der Waals surface area contributed by atoms with Crippen molar-refractivity contribution in [2.24, 2.45) is 10.7 Å². The number of hydrogen-bond acceptors (Lipinski definition) is 7. The topological polar surface area (TPSA) is 102 Å². The van der Waals surface area contributed by atoms with Crippen LogP contribution in [0.3, 0.4) is 0 Å². The number of amidine groups is 1. The highest BCUT2D eigenvalue weighted by Gasteiger charge is 2.19. The minimum Gasteiger partial charge on any atom is -0.477 e. The second kappa shape index (κ2) is 6.25. The Labute approximate surface area is 137 Å². The summed E-state index contributed by atoms with van der Waals surface area (Å²) in [6.45, 7) is 2.39. The third-order valence-electron chi connectivity index (χ3n) is 3.12. The van der Waals surface area contributed by atoms with Crippen LogP contribution in [0.2, 0.25) is 0 Å². The number of carbonyl (C=O) groups is 1. The van der Waals surface area contributed by atoms with Crippen LogP contribution in [0, 0.1) is 0 Å². The number of hydrogen-bond donors (Lipinski definition) is 2. The lowest BCUT2D eigenvalue weighted by molar-refractivity contribution is -0.113. The van der Waals surface area contributed by atoms with Crippen molar-refractivity contribution in [2.75, 3.05) is 19.0 Å². The number of carbonyl (C=O) groups excluding carboxylic acids is 1. The van der Waals surface area contributed by atoms with Crippen molar-refractivity contribution < 1.29 is 9.53 Å². The predicted molar refractivity (Wildman–Crippen MR) is 92.5 cm³/mol. The van der Waals surface area contributed by atoms with Crippen molar-refractivity contribution in [3.63, 3.8) is 0 Å². The number of nitrogens with zero attached hydrogens (tertiary/aromatic N) is 3. The smallest absolute Gasteiger partial charge is 0.286 e. The lowest BCUT2D eigenvalue weighted by Gasteiger charge is -2.09. The summed E-state index contributed by atoms with van der Waals surface area (Å²) >= 11 is 1.16. The number of benzene rings is 1. The Balaban J connectivity index is 2.06. The van der Waals surface area contributed by atoms with Crippen molar-refractivity contribution in [1.29, 1.82) is 0 Å². The standard InChI is InChI=1S/C15H15N5O2S/c1-3-22-13-9-6-8(7-11-12(21)19-14(16)23-11)4-5-10(9)18-15(17-2)20-13/h4-7H,3H2,1-2H3,(H2,16,19,21)(H,17,18,20). The van der Waals surface area contributed by atoms with Gasteiger partial charge >= 0.3 is 0 Å². The molecule has 23 heavy (non-hydrogen) atoms. The van der Waals surface area contributed by atoms with Crippen LogP contribution in [0.5, 0.6) is 5.88 Å². The molecule has 1 aliphatic heterocycles. The number of rotatable bonds is 4. The lowest BCUT2D eigenvalue weighted by Crippen LogP contribution is -2.02. The van der Waals surface area contributed by atoms with Gasteiger partial charge in [0.25, 0.3) is 5.91 Å². The van der Waals surface area contributed by atoms with Gasteiger partial charge in [-0.2, -0.15) is 9.98 Å². The second-order valence-corrected chi connectivity index (χ2v) is 5.74. The van der Waals surface area contributed by atoms with E-state index >= 15 is 0 Å². The summed E-state index contributed by atoms with van der Waals surface area (Å²) in [5.41, 5.74) is 7.15. The fraction of sp³-hybridized carbons (Fsp3) is 0.200. The van der Waals surface area contributed by atoms with Gasteiger partial charge in [-0.3, -0.25) is 4.79 Å². The summed E-state index contributed by atoms with van der Waals surface area (Å²) < 4.78 is 5.60. The van der Waals surface area contributed by atoms with Crippen LogP contribution in [0.4, 0.5) is 5.95 Å². The fourth-order valence-corrected chi connectivity index (χ4v) is 2.83. The Kier molecular flexibility index (Phi) is 4.16. The summed E-state index contributed by atoms with van der Waals surface area (Å²) in [7, 11) is 1.75. The molecule has 0 radical (unpaired) electrons. The van der Waals surface area contributed by atoms with Crippen LogP contribution in [0.15, 0.2) is 28.1 Å². The molecule has 0 atom stereocenters. The number of anilines is 1. The van der Waals surface area contributed by atoms with Gasteiger partial charge in [-0.25, -0.2) is 4.98 Å². The summed E-state index contributed by atoms with van der Waals surface area (Å²) in [6, 6.07) is 5.62. The van der Waals surface area contributed by atoms with Crippen LogP contribution in [0.1, 0.15) is 12.5 Å². The lowest BCUT2D eigenvalue weighted by atomic mass is 10.1. The SMILES string of the molecule is CCOc1nc(NC)nc2ccc(C=C3SC(N)=NC3=O)cc12. The fourth-order valence-electron chi connectivity index (χ4n) is 2.14. The Hall–Kier alpha value is -2.61. The summed E-state index contributed by atoms with van der Waals surface area (Å²) in [5.74, 6) is 0.678. The zero-order valence-electron chi connectivity index (χ0n) is 12.7. The molecule has 1 aromatic heterocycles. The molecule has 0 bridgehead atoms. The van der Waals surface area contributed by atoms with E-state index in [-0.39, 0.29) is 11.1 Å². The van der Waals surface area contributed by atoms with Gasteiger partial charge in [-0.05, 0) is 42.5 Å². The van der Waals surface area contributed by atoms with E-state index < -0.39 is 0 Å². The van der Waals surface area contributed by atoms with Gasteiger partial charge in [0.15, 0.2) is 5.17 Å². The number of fused-ring (bicyclic) bond motifs is 1. The van der Waals surface area contributed by atoms with E-state index in [0.29, 0.717) is 23.3 Å². The third-order valence-corrected chi connectivity index (χ3v) is 3.94. The van der Waals surface area contributed by atoms with Gasteiger partial charge in [0.1, 0.15) is 0 Å². The maximum absolute atomic E-state index is 11.7. The van der Waals surface area contributed by atoms with Gasteiger partial charge in [0, 0.05) is 7.05 Å².